The highest BCUT2D eigenvalue weighted by Crippen LogP contribution is 2.18. The monoisotopic (exact) mass is 234 g/mol. The minimum Gasteiger partial charge on any atom is -0.493 e. The third kappa shape index (κ3) is 6.35. The van der Waals surface area contributed by atoms with E-state index in [1.807, 2.05) is 0 Å². The van der Waals surface area contributed by atoms with Gasteiger partial charge >= 0.3 is 0 Å². The van der Waals surface area contributed by atoms with Crippen LogP contribution >= 0.6 is 0 Å². The lowest BCUT2D eigenvalue weighted by molar-refractivity contribution is 0.198. The Morgan fingerprint density at radius 1 is 1.00 bits per heavy atom. The Bertz CT molecular complexity index is 305. The van der Waals surface area contributed by atoms with Gasteiger partial charge < -0.3 is 4.74 Å². The van der Waals surface area contributed by atoms with Crippen molar-refractivity contribution in [2.24, 2.45) is 5.41 Å². The largest absolute Gasteiger partial charge is 0.493 e. The smallest absolute Gasteiger partial charge is 0.119 e. The normalized spacial score (nSPS) is 11.5. The molecule has 0 atom stereocenters. The van der Waals surface area contributed by atoms with Crippen molar-refractivity contribution in [3.8, 4) is 5.75 Å². The lowest BCUT2D eigenvalue weighted by Crippen LogP contribution is -2.16. The van der Waals surface area contributed by atoms with Gasteiger partial charge in [-0.3, -0.25) is 0 Å². The molecule has 0 unspecified atom stereocenters. The second kappa shape index (κ2) is 6.68. The van der Waals surface area contributed by atoms with Crippen LogP contribution in [0.2, 0.25) is 0 Å². The first-order valence-electron chi connectivity index (χ1n) is 6.73. The number of rotatable bonds is 6. The average molecular weight is 234 g/mol. The Balaban J connectivity index is 2.39. The molecule has 0 fully saturated rings. The fourth-order valence-electron chi connectivity index (χ4n) is 1.63. The van der Waals surface area contributed by atoms with Gasteiger partial charge in [0.15, 0.2) is 0 Å². The molecule has 0 bridgehead atoms. The predicted octanol–water partition coefficient (Wildman–Crippen LogP) is 4.84. The van der Waals surface area contributed by atoms with Gasteiger partial charge in [0.1, 0.15) is 5.75 Å². The van der Waals surface area contributed by atoms with Crippen molar-refractivity contribution in [3.05, 3.63) is 29.8 Å². The summed E-state index contributed by atoms with van der Waals surface area (Å²) in [5.74, 6) is 0.985. The Labute approximate surface area is 106 Å². The summed E-state index contributed by atoms with van der Waals surface area (Å²) in [5.41, 5.74) is 1.64. The molecule has 1 heteroatoms. The van der Waals surface area contributed by atoms with Gasteiger partial charge in [-0.15, -0.1) is 0 Å². The average Bonchev–Trinajstić information content (AvgIpc) is 2.27. The van der Waals surface area contributed by atoms with Crippen LogP contribution in [-0.2, 0) is 6.42 Å². The molecule has 0 amide bonds. The zero-order valence-electron chi connectivity index (χ0n) is 11.8. The van der Waals surface area contributed by atoms with E-state index in [-0.39, 0.29) is 5.41 Å². The first kappa shape index (κ1) is 14.1. The Morgan fingerprint density at radius 2 is 1.65 bits per heavy atom. The number of aryl methyl sites for hydroxylation is 1. The summed E-state index contributed by atoms with van der Waals surface area (Å²) < 4.78 is 5.75. The van der Waals surface area contributed by atoms with Crippen LogP contribution in [0.25, 0.3) is 0 Å². The summed E-state index contributed by atoms with van der Waals surface area (Å²) >= 11 is 0. The SMILES string of the molecule is CCCCCc1ccc(OCC(C)(C)C)cc1. The summed E-state index contributed by atoms with van der Waals surface area (Å²) in [6.45, 7) is 9.57. The minimum absolute atomic E-state index is 0.222. The van der Waals surface area contributed by atoms with E-state index in [1.54, 1.807) is 0 Å². The first-order valence-corrected chi connectivity index (χ1v) is 6.73. The Kier molecular flexibility index (Phi) is 5.54. The van der Waals surface area contributed by atoms with Gasteiger partial charge in [0.25, 0.3) is 0 Å². The lowest BCUT2D eigenvalue weighted by atomic mass is 9.99. The summed E-state index contributed by atoms with van der Waals surface area (Å²) in [4.78, 5) is 0. The van der Waals surface area contributed by atoms with E-state index >= 15 is 0 Å². The van der Waals surface area contributed by atoms with Gasteiger partial charge in [-0.2, -0.15) is 0 Å². The van der Waals surface area contributed by atoms with Gasteiger partial charge in [0.2, 0.25) is 0 Å². The predicted molar refractivity (Wildman–Crippen MR) is 74.6 cm³/mol. The van der Waals surface area contributed by atoms with Crippen molar-refractivity contribution in [3.63, 3.8) is 0 Å². The molecule has 0 heterocycles. The molecular formula is C16H26O. The van der Waals surface area contributed by atoms with E-state index in [2.05, 4.69) is 52.0 Å². The maximum Gasteiger partial charge on any atom is 0.119 e. The van der Waals surface area contributed by atoms with Crippen molar-refractivity contribution in [2.45, 2.75) is 53.4 Å². The van der Waals surface area contributed by atoms with Crippen molar-refractivity contribution in [1.29, 1.82) is 0 Å². The quantitative estimate of drug-likeness (QED) is 0.640. The van der Waals surface area contributed by atoms with Crippen LogP contribution in [0, 0.1) is 5.41 Å². The van der Waals surface area contributed by atoms with Gasteiger partial charge in [-0.1, -0.05) is 52.7 Å². The first-order chi connectivity index (χ1) is 8.01. The number of benzene rings is 1. The molecule has 0 saturated carbocycles. The van der Waals surface area contributed by atoms with Crippen LogP contribution in [0.3, 0.4) is 0 Å². The molecule has 0 spiro atoms. The van der Waals surface area contributed by atoms with E-state index in [0.29, 0.717) is 0 Å². The second-order valence-electron chi connectivity index (χ2n) is 5.95. The molecule has 0 saturated heterocycles. The topological polar surface area (TPSA) is 9.23 Å². The summed E-state index contributed by atoms with van der Waals surface area (Å²) in [5, 5.41) is 0. The van der Waals surface area contributed by atoms with Crippen molar-refractivity contribution in [2.75, 3.05) is 6.61 Å². The molecule has 0 aliphatic carbocycles. The number of hydrogen-bond acceptors (Lipinski definition) is 1. The molecule has 0 N–H and O–H groups in total. The molecular weight excluding hydrogens is 208 g/mol. The molecule has 1 nitrogen and oxygen atoms in total. The minimum atomic E-state index is 0.222. The second-order valence-corrected chi connectivity index (χ2v) is 5.95. The Hall–Kier alpha value is -0.980. The van der Waals surface area contributed by atoms with E-state index in [1.165, 1.54) is 31.2 Å². The van der Waals surface area contributed by atoms with Crippen LogP contribution in [-0.4, -0.2) is 6.61 Å². The van der Waals surface area contributed by atoms with Gasteiger partial charge in [-0.05, 0) is 36.0 Å². The zero-order valence-corrected chi connectivity index (χ0v) is 11.8. The van der Waals surface area contributed by atoms with Crippen molar-refractivity contribution >= 4 is 0 Å². The van der Waals surface area contributed by atoms with E-state index in [9.17, 15) is 0 Å². The van der Waals surface area contributed by atoms with Gasteiger partial charge in [-0.25, -0.2) is 0 Å². The molecule has 1 aromatic rings. The maximum atomic E-state index is 5.75. The summed E-state index contributed by atoms with van der Waals surface area (Å²) in [7, 11) is 0. The number of hydrogen-bond donors (Lipinski definition) is 0. The zero-order chi connectivity index (χ0) is 12.7. The van der Waals surface area contributed by atoms with E-state index < -0.39 is 0 Å². The summed E-state index contributed by atoms with van der Waals surface area (Å²) in [6.07, 6.45) is 5.08. The maximum absolute atomic E-state index is 5.75. The third-order valence-electron chi connectivity index (χ3n) is 2.66. The Morgan fingerprint density at radius 3 is 2.18 bits per heavy atom. The van der Waals surface area contributed by atoms with Crippen LogP contribution < -0.4 is 4.74 Å². The fraction of sp³-hybridized carbons (Fsp3) is 0.625. The molecule has 0 aliphatic heterocycles. The van der Waals surface area contributed by atoms with Crippen LogP contribution in [0.15, 0.2) is 24.3 Å². The van der Waals surface area contributed by atoms with Crippen LogP contribution in [0.4, 0.5) is 0 Å². The number of ether oxygens (including phenoxy) is 1. The lowest BCUT2D eigenvalue weighted by Gasteiger charge is -2.18. The molecule has 17 heavy (non-hydrogen) atoms. The van der Waals surface area contributed by atoms with Crippen LogP contribution in [0.1, 0.15) is 52.5 Å². The molecule has 0 radical (unpaired) electrons. The van der Waals surface area contributed by atoms with Crippen molar-refractivity contribution < 1.29 is 4.74 Å². The molecule has 0 aromatic heterocycles. The number of unbranched alkanes of at least 4 members (excludes halogenated alkanes) is 2. The molecule has 96 valence electrons. The van der Waals surface area contributed by atoms with Gasteiger partial charge in [0.05, 0.1) is 6.61 Å². The van der Waals surface area contributed by atoms with E-state index in [4.69, 9.17) is 4.74 Å². The third-order valence-corrected chi connectivity index (χ3v) is 2.66. The standard InChI is InChI=1S/C16H26O/c1-5-6-7-8-14-9-11-15(12-10-14)17-13-16(2,3)4/h9-12H,5-8,13H2,1-4H3. The van der Waals surface area contributed by atoms with Crippen LogP contribution in [0.5, 0.6) is 5.75 Å². The highest BCUT2D eigenvalue weighted by Gasteiger charge is 2.10. The molecule has 0 aliphatic rings. The van der Waals surface area contributed by atoms with Crippen molar-refractivity contribution in [1.82, 2.24) is 0 Å². The highest BCUT2D eigenvalue weighted by atomic mass is 16.5. The molecule has 1 rings (SSSR count). The summed E-state index contributed by atoms with van der Waals surface area (Å²) in [6, 6.07) is 8.56. The fourth-order valence-corrected chi connectivity index (χ4v) is 1.63. The van der Waals surface area contributed by atoms with E-state index in [0.717, 1.165) is 12.4 Å². The van der Waals surface area contributed by atoms with Gasteiger partial charge in [0, 0.05) is 0 Å². The molecule has 1 aromatic carbocycles. The highest BCUT2D eigenvalue weighted by molar-refractivity contribution is 5.27.